The number of anilines is 1. The number of rotatable bonds is 5. The van der Waals surface area contributed by atoms with Gasteiger partial charge in [-0.3, -0.25) is 4.79 Å². The van der Waals surface area contributed by atoms with Gasteiger partial charge in [0.2, 0.25) is 0 Å². The number of ether oxygens (including phenoxy) is 1. The number of carbonyl (C=O) groups is 2. The summed E-state index contributed by atoms with van der Waals surface area (Å²) >= 11 is 7.54. The molecule has 0 fully saturated rings. The number of hydrogen-bond donors (Lipinski definition) is 1. The Kier molecular flexibility index (Phi) is 5.82. The van der Waals surface area contributed by atoms with E-state index in [1.54, 1.807) is 0 Å². The molecule has 140 valence electrons. The first-order chi connectivity index (χ1) is 12.9. The van der Waals surface area contributed by atoms with Crippen molar-refractivity contribution in [3.05, 3.63) is 63.5 Å². The fourth-order valence-corrected chi connectivity index (χ4v) is 4.26. The number of para-hydroxylation sites is 1. The molecule has 1 amide bonds. The molecule has 3 aromatic rings. The number of esters is 1. The van der Waals surface area contributed by atoms with E-state index >= 15 is 0 Å². The van der Waals surface area contributed by atoms with Crippen molar-refractivity contribution in [3.8, 4) is 0 Å². The van der Waals surface area contributed by atoms with Crippen LogP contribution in [0.15, 0.2) is 42.5 Å². The molecular formula is C21H20ClNO3S. The Morgan fingerprint density at radius 3 is 2.59 bits per heavy atom. The molecule has 0 bridgehead atoms. The van der Waals surface area contributed by atoms with Gasteiger partial charge >= 0.3 is 5.97 Å². The Bertz CT molecular complexity index is 1010. The van der Waals surface area contributed by atoms with E-state index in [0.29, 0.717) is 9.90 Å². The normalized spacial score (nSPS) is 11.0. The van der Waals surface area contributed by atoms with Gasteiger partial charge in [-0.2, -0.15) is 0 Å². The second kappa shape index (κ2) is 8.11. The third-order valence-electron chi connectivity index (χ3n) is 4.25. The smallest absolute Gasteiger partial charge is 0.350 e. The molecular weight excluding hydrogens is 382 g/mol. The lowest BCUT2D eigenvalue weighted by Crippen LogP contribution is -2.22. The van der Waals surface area contributed by atoms with E-state index in [9.17, 15) is 9.59 Å². The van der Waals surface area contributed by atoms with Gasteiger partial charge in [-0.1, -0.05) is 61.8 Å². The van der Waals surface area contributed by atoms with Gasteiger partial charge < -0.3 is 10.1 Å². The fourth-order valence-electron chi connectivity index (χ4n) is 2.86. The fraction of sp³-hybridized carbons (Fsp3) is 0.238. The predicted octanol–water partition coefficient (Wildman–Crippen LogP) is 5.78. The van der Waals surface area contributed by atoms with E-state index in [-0.39, 0.29) is 18.4 Å². The first-order valence-corrected chi connectivity index (χ1v) is 9.81. The highest BCUT2D eigenvalue weighted by atomic mass is 35.5. The zero-order valence-electron chi connectivity index (χ0n) is 15.3. The Morgan fingerprint density at radius 1 is 1.15 bits per heavy atom. The van der Waals surface area contributed by atoms with Crippen molar-refractivity contribution in [2.75, 3.05) is 11.9 Å². The van der Waals surface area contributed by atoms with E-state index in [2.05, 4.69) is 19.2 Å². The number of fused-ring (bicyclic) bond motifs is 1. The zero-order valence-corrected chi connectivity index (χ0v) is 16.9. The van der Waals surface area contributed by atoms with Gasteiger partial charge in [-0.25, -0.2) is 4.79 Å². The minimum Gasteiger partial charge on any atom is -0.451 e. The summed E-state index contributed by atoms with van der Waals surface area (Å²) in [6, 6.07) is 13.4. The summed E-state index contributed by atoms with van der Waals surface area (Å²) in [4.78, 5) is 25.0. The maximum Gasteiger partial charge on any atom is 0.350 e. The molecule has 0 unspecified atom stereocenters. The summed E-state index contributed by atoms with van der Waals surface area (Å²) in [6.45, 7) is 5.70. The lowest BCUT2D eigenvalue weighted by atomic mass is 9.98. The molecule has 4 nitrogen and oxygen atoms in total. The van der Waals surface area contributed by atoms with Crippen molar-refractivity contribution in [1.82, 2.24) is 0 Å². The van der Waals surface area contributed by atoms with E-state index in [1.807, 2.05) is 49.4 Å². The molecule has 0 spiro atoms. The number of thiophene rings is 1. The largest absolute Gasteiger partial charge is 0.451 e. The Balaban J connectivity index is 1.69. The van der Waals surface area contributed by atoms with Gasteiger partial charge in [0.15, 0.2) is 6.61 Å². The molecule has 0 radical (unpaired) electrons. The molecule has 0 aliphatic heterocycles. The van der Waals surface area contributed by atoms with Crippen molar-refractivity contribution in [2.45, 2.75) is 26.7 Å². The number of amides is 1. The average Bonchev–Trinajstić information content (AvgIpc) is 2.98. The van der Waals surface area contributed by atoms with Crippen LogP contribution in [0, 0.1) is 6.92 Å². The van der Waals surface area contributed by atoms with E-state index in [0.717, 1.165) is 26.9 Å². The molecule has 27 heavy (non-hydrogen) atoms. The maximum atomic E-state index is 12.4. The second-order valence-electron chi connectivity index (χ2n) is 6.56. The van der Waals surface area contributed by atoms with Crippen LogP contribution in [0.1, 0.15) is 40.6 Å². The Hall–Kier alpha value is -2.37. The Labute approximate surface area is 167 Å². The summed E-state index contributed by atoms with van der Waals surface area (Å²) in [7, 11) is 0. The third kappa shape index (κ3) is 4.15. The van der Waals surface area contributed by atoms with Gasteiger partial charge in [-0.15, -0.1) is 11.3 Å². The van der Waals surface area contributed by atoms with Crippen LogP contribution in [-0.4, -0.2) is 18.5 Å². The second-order valence-corrected chi connectivity index (χ2v) is 7.99. The van der Waals surface area contributed by atoms with Crippen LogP contribution < -0.4 is 5.32 Å². The van der Waals surface area contributed by atoms with Crippen molar-refractivity contribution >= 4 is 50.6 Å². The lowest BCUT2D eigenvalue weighted by Gasteiger charge is -2.16. The van der Waals surface area contributed by atoms with Crippen molar-refractivity contribution in [1.29, 1.82) is 0 Å². The SMILES string of the molecule is Cc1cccc(C(C)C)c1NC(=O)COC(=O)c1sc2ccccc2c1Cl. The molecule has 0 atom stereocenters. The monoisotopic (exact) mass is 401 g/mol. The standard InChI is InChI=1S/C21H20ClNO3S/c1-12(2)14-9-6-7-13(3)19(14)23-17(24)11-26-21(25)20-18(22)15-8-4-5-10-16(15)27-20/h4-10,12H,11H2,1-3H3,(H,23,24). The van der Waals surface area contributed by atoms with Crippen molar-refractivity contribution in [3.63, 3.8) is 0 Å². The molecule has 0 aliphatic carbocycles. The minimum absolute atomic E-state index is 0.264. The lowest BCUT2D eigenvalue weighted by molar-refractivity contribution is -0.119. The predicted molar refractivity (Wildman–Crippen MR) is 111 cm³/mol. The van der Waals surface area contributed by atoms with Crippen LogP contribution in [-0.2, 0) is 9.53 Å². The quantitative estimate of drug-likeness (QED) is 0.551. The first-order valence-electron chi connectivity index (χ1n) is 8.62. The number of hydrogen-bond acceptors (Lipinski definition) is 4. The highest BCUT2D eigenvalue weighted by Crippen LogP contribution is 2.35. The summed E-state index contributed by atoms with van der Waals surface area (Å²) < 4.78 is 6.09. The van der Waals surface area contributed by atoms with Crippen LogP contribution in [0.3, 0.4) is 0 Å². The molecule has 1 aromatic heterocycles. The van der Waals surface area contributed by atoms with Crippen LogP contribution >= 0.6 is 22.9 Å². The number of aryl methyl sites for hydroxylation is 1. The van der Waals surface area contributed by atoms with Gasteiger partial charge in [0.1, 0.15) is 4.88 Å². The Morgan fingerprint density at radius 2 is 1.89 bits per heavy atom. The molecule has 0 aliphatic rings. The number of carbonyl (C=O) groups excluding carboxylic acids is 2. The average molecular weight is 402 g/mol. The third-order valence-corrected chi connectivity index (χ3v) is 5.90. The van der Waals surface area contributed by atoms with Gasteiger partial charge in [0.25, 0.3) is 5.91 Å². The number of benzene rings is 2. The molecule has 0 saturated carbocycles. The van der Waals surface area contributed by atoms with E-state index in [4.69, 9.17) is 16.3 Å². The van der Waals surface area contributed by atoms with E-state index in [1.165, 1.54) is 11.3 Å². The van der Waals surface area contributed by atoms with Crippen molar-refractivity contribution in [2.24, 2.45) is 0 Å². The highest BCUT2D eigenvalue weighted by Gasteiger charge is 2.20. The van der Waals surface area contributed by atoms with E-state index < -0.39 is 5.97 Å². The van der Waals surface area contributed by atoms with Gasteiger partial charge in [0.05, 0.1) is 5.02 Å². The molecule has 0 saturated heterocycles. The van der Waals surface area contributed by atoms with Crippen LogP contribution in [0.4, 0.5) is 5.69 Å². The van der Waals surface area contributed by atoms with Gasteiger partial charge in [-0.05, 0) is 30.0 Å². The molecule has 1 N–H and O–H groups in total. The molecule has 1 heterocycles. The van der Waals surface area contributed by atoms with Crippen LogP contribution in [0.2, 0.25) is 5.02 Å². The molecule has 3 rings (SSSR count). The molecule has 6 heteroatoms. The van der Waals surface area contributed by atoms with Crippen LogP contribution in [0.25, 0.3) is 10.1 Å². The summed E-state index contributed by atoms with van der Waals surface area (Å²) in [5, 5.41) is 4.03. The highest BCUT2D eigenvalue weighted by molar-refractivity contribution is 7.21. The van der Waals surface area contributed by atoms with Gasteiger partial charge in [0, 0.05) is 15.8 Å². The number of nitrogens with one attached hydrogen (secondary N) is 1. The maximum absolute atomic E-state index is 12.4. The van der Waals surface area contributed by atoms with Crippen LogP contribution in [0.5, 0.6) is 0 Å². The zero-order chi connectivity index (χ0) is 19.6. The topological polar surface area (TPSA) is 55.4 Å². The summed E-state index contributed by atoms with van der Waals surface area (Å²) in [5.74, 6) is -0.706. The van der Waals surface area contributed by atoms with Crippen molar-refractivity contribution < 1.29 is 14.3 Å². The summed E-state index contributed by atoms with van der Waals surface area (Å²) in [5.41, 5.74) is 2.78. The summed E-state index contributed by atoms with van der Waals surface area (Å²) in [6.07, 6.45) is 0. The minimum atomic E-state index is -0.592. The number of halogens is 1. The first kappa shape index (κ1) is 19.4. The molecule has 2 aromatic carbocycles.